The summed E-state index contributed by atoms with van der Waals surface area (Å²) in [5.74, 6) is 1.78. The van der Waals surface area contributed by atoms with E-state index in [-0.39, 0.29) is 5.56 Å². The molecule has 4 rings (SSSR count). The third-order valence-corrected chi connectivity index (χ3v) is 6.20. The maximum atomic E-state index is 13.3. The van der Waals surface area contributed by atoms with E-state index in [1.807, 2.05) is 12.1 Å². The number of tetrazole rings is 1. The van der Waals surface area contributed by atoms with E-state index in [2.05, 4.69) is 37.2 Å². The quantitative estimate of drug-likeness (QED) is 0.501. The van der Waals surface area contributed by atoms with E-state index in [1.165, 1.54) is 0 Å². The predicted molar refractivity (Wildman–Crippen MR) is 123 cm³/mol. The molecule has 1 aromatic carbocycles. The molecule has 1 aliphatic rings. The third kappa shape index (κ3) is 4.70. The van der Waals surface area contributed by atoms with Crippen LogP contribution in [-0.4, -0.2) is 95.7 Å². The fourth-order valence-corrected chi connectivity index (χ4v) is 4.33. The molecule has 1 atom stereocenters. The topological polar surface area (TPSA) is 111 Å². The Kier molecular flexibility index (Phi) is 7.21. The maximum absolute atomic E-state index is 13.3. The van der Waals surface area contributed by atoms with E-state index in [0.29, 0.717) is 41.6 Å². The summed E-state index contributed by atoms with van der Waals surface area (Å²) < 4.78 is 17.8. The maximum Gasteiger partial charge on any atom is 0.253 e. The molecular formula is C22H31N7O4. The number of fused-ring (bicyclic) bond motifs is 1. The van der Waals surface area contributed by atoms with Crippen molar-refractivity contribution in [3.63, 3.8) is 0 Å². The highest BCUT2D eigenvalue weighted by atomic mass is 16.5. The van der Waals surface area contributed by atoms with Crippen molar-refractivity contribution in [2.24, 2.45) is 0 Å². The van der Waals surface area contributed by atoms with Crippen molar-refractivity contribution >= 4 is 10.9 Å². The minimum atomic E-state index is -0.392. The molecule has 0 radical (unpaired) electrons. The lowest BCUT2D eigenvalue weighted by molar-refractivity contribution is 0.106. The predicted octanol–water partition coefficient (Wildman–Crippen LogP) is 0.905. The molecule has 0 spiro atoms. The van der Waals surface area contributed by atoms with Crippen LogP contribution >= 0.6 is 0 Å². The van der Waals surface area contributed by atoms with Crippen LogP contribution in [0.4, 0.5) is 0 Å². The minimum absolute atomic E-state index is 0.182. The van der Waals surface area contributed by atoms with Crippen LogP contribution in [0.25, 0.3) is 10.9 Å². The van der Waals surface area contributed by atoms with Gasteiger partial charge in [0.15, 0.2) is 17.3 Å². The summed E-state index contributed by atoms with van der Waals surface area (Å²) in [5, 5.41) is 13.2. The zero-order valence-corrected chi connectivity index (χ0v) is 19.6. The Morgan fingerprint density at radius 1 is 1.06 bits per heavy atom. The molecule has 178 valence electrons. The van der Waals surface area contributed by atoms with E-state index >= 15 is 0 Å². The fourth-order valence-electron chi connectivity index (χ4n) is 4.33. The summed E-state index contributed by atoms with van der Waals surface area (Å²) in [6.07, 6.45) is 0. The van der Waals surface area contributed by atoms with E-state index < -0.39 is 6.04 Å². The van der Waals surface area contributed by atoms with Crippen molar-refractivity contribution in [3.05, 3.63) is 39.9 Å². The van der Waals surface area contributed by atoms with E-state index in [4.69, 9.17) is 14.2 Å². The molecule has 33 heavy (non-hydrogen) atoms. The number of nitrogens with one attached hydrogen (secondary N) is 1. The van der Waals surface area contributed by atoms with E-state index in [9.17, 15) is 4.79 Å². The normalized spacial score (nSPS) is 16.2. The van der Waals surface area contributed by atoms with Gasteiger partial charge in [-0.2, -0.15) is 0 Å². The van der Waals surface area contributed by atoms with Gasteiger partial charge in [0.05, 0.1) is 32.9 Å². The standard InChI is InChI=1S/C22H31N7O4/c1-5-27-6-8-28(9-7-27)20(21-24-25-26-29(21)10-11-31-2)16-12-15-13-18(32-3)19(33-4)14-17(15)23-22(16)30/h12-14,20H,5-11H2,1-4H3,(H,23,30). The number of piperazine rings is 1. The summed E-state index contributed by atoms with van der Waals surface area (Å²) in [6, 6.07) is 5.16. The number of aromatic nitrogens is 5. The summed E-state index contributed by atoms with van der Waals surface area (Å²) in [4.78, 5) is 21.0. The lowest BCUT2D eigenvalue weighted by Gasteiger charge is -2.38. The molecule has 11 heteroatoms. The van der Waals surface area contributed by atoms with Crippen molar-refractivity contribution in [2.45, 2.75) is 19.5 Å². The Bertz CT molecular complexity index is 1140. The van der Waals surface area contributed by atoms with Gasteiger partial charge in [-0.1, -0.05) is 6.92 Å². The SMILES string of the molecule is CCN1CCN(C(c2cc3cc(OC)c(OC)cc3[nH]c2=O)c2nnnn2CCOC)CC1. The lowest BCUT2D eigenvalue weighted by Crippen LogP contribution is -2.49. The zero-order chi connectivity index (χ0) is 23.4. The number of ether oxygens (including phenoxy) is 3. The first-order chi connectivity index (χ1) is 16.1. The molecule has 3 aromatic rings. The molecule has 1 N–H and O–H groups in total. The van der Waals surface area contributed by atoms with Crippen LogP contribution in [0.15, 0.2) is 23.0 Å². The second kappa shape index (κ2) is 10.3. The molecule has 0 aliphatic carbocycles. The number of hydrogen-bond donors (Lipinski definition) is 1. The van der Waals surface area contributed by atoms with Crippen LogP contribution in [0.1, 0.15) is 24.4 Å². The smallest absolute Gasteiger partial charge is 0.253 e. The average molecular weight is 458 g/mol. The molecule has 11 nitrogen and oxygen atoms in total. The molecule has 2 aromatic heterocycles. The van der Waals surface area contributed by atoms with Crippen molar-refractivity contribution in [1.82, 2.24) is 35.0 Å². The van der Waals surface area contributed by atoms with Crippen LogP contribution in [0.3, 0.4) is 0 Å². The summed E-state index contributed by atoms with van der Waals surface area (Å²) in [6.45, 7) is 7.58. The van der Waals surface area contributed by atoms with Crippen LogP contribution in [0.5, 0.6) is 11.5 Å². The van der Waals surface area contributed by atoms with Gasteiger partial charge in [-0.05, 0) is 29.1 Å². The first-order valence-electron chi connectivity index (χ1n) is 11.1. The Labute approximate surface area is 192 Å². The summed E-state index contributed by atoms with van der Waals surface area (Å²) in [5.41, 5.74) is 1.09. The molecule has 0 bridgehead atoms. The van der Waals surface area contributed by atoms with Gasteiger partial charge in [0, 0.05) is 50.3 Å². The number of hydrogen-bond acceptors (Lipinski definition) is 9. The van der Waals surface area contributed by atoms with Crippen molar-refractivity contribution in [1.29, 1.82) is 0 Å². The van der Waals surface area contributed by atoms with Crippen LogP contribution in [0.2, 0.25) is 0 Å². The van der Waals surface area contributed by atoms with Gasteiger partial charge >= 0.3 is 0 Å². The molecule has 1 saturated heterocycles. The molecule has 1 unspecified atom stereocenters. The molecule has 0 saturated carbocycles. The number of nitrogens with zero attached hydrogens (tertiary/aromatic N) is 6. The van der Waals surface area contributed by atoms with Gasteiger partial charge in [0.25, 0.3) is 5.56 Å². The third-order valence-electron chi connectivity index (χ3n) is 6.20. The summed E-state index contributed by atoms with van der Waals surface area (Å²) >= 11 is 0. The number of methoxy groups -OCH3 is 3. The first-order valence-corrected chi connectivity index (χ1v) is 11.1. The van der Waals surface area contributed by atoms with Gasteiger partial charge < -0.3 is 24.1 Å². The van der Waals surface area contributed by atoms with Crippen LogP contribution in [-0.2, 0) is 11.3 Å². The fraction of sp³-hybridized carbons (Fsp3) is 0.545. The van der Waals surface area contributed by atoms with Crippen LogP contribution < -0.4 is 15.0 Å². The Balaban J connectivity index is 1.82. The van der Waals surface area contributed by atoms with Crippen molar-refractivity contribution in [2.75, 3.05) is 60.7 Å². The molecule has 3 heterocycles. The number of aromatic amines is 1. The largest absolute Gasteiger partial charge is 0.493 e. The minimum Gasteiger partial charge on any atom is -0.493 e. The number of pyridine rings is 1. The second-order valence-corrected chi connectivity index (χ2v) is 7.97. The lowest BCUT2D eigenvalue weighted by atomic mass is 10.0. The van der Waals surface area contributed by atoms with E-state index in [1.54, 1.807) is 32.1 Å². The highest BCUT2D eigenvalue weighted by Gasteiger charge is 2.32. The number of rotatable bonds is 9. The number of H-pyrrole nitrogens is 1. The highest BCUT2D eigenvalue weighted by Crippen LogP contribution is 2.33. The first kappa shape index (κ1) is 23.1. The Morgan fingerprint density at radius 2 is 1.79 bits per heavy atom. The van der Waals surface area contributed by atoms with Gasteiger partial charge in [-0.15, -0.1) is 5.10 Å². The highest BCUT2D eigenvalue weighted by molar-refractivity contribution is 5.83. The molecular weight excluding hydrogens is 426 g/mol. The Hall–Kier alpha value is -3.02. The van der Waals surface area contributed by atoms with Gasteiger partial charge in [-0.25, -0.2) is 4.68 Å². The van der Waals surface area contributed by atoms with Gasteiger partial charge in [0.2, 0.25) is 0 Å². The number of likely N-dealkylation sites (N-methyl/N-ethyl adjacent to an activating group) is 1. The molecule has 1 aliphatic heterocycles. The van der Waals surface area contributed by atoms with Crippen molar-refractivity contribution < 1.29 is 14.2 Å². The van der Waals surface area contributed by atoms with Crippen molar-refractivity contribution in [3.8, 4) is 11.5 Å². The van der Waals surface area contributed by atoms with Gasteiger partial charge in [-0.3, -0.25) is 9.69 Å². The zero-order valence-electron chi connectivity index (χ0n) is 19.6. The number of benzene rings is 1. The van der Waals surface area contributed by atoms with Crippen LogP contribution in [0, 0.1) is 0 Å². The monoisotopic (exact) mass is 457 g/mol. The second-order valence-electron chi connectivity index (χ2n) is 7.97. The van der Waals surface area contributed by atoms with Gasteiger partial charge in [0.1, 0.15) is 6.04 Å². The average Bonchev–Trinajstić information content (AvgIpc) is 3.30. The molecule has 0 amide bonds. The summed E-state index contributed by atoms with van der Waals surface area (Å²) in [7, 11) is 4.80. The Morgan fingerprint density at radius 3 is 2.45 bits per heavy atom. The molecule has 1 fully saturated rings. The van der Waals surface area contributed by atoms with E-state index in [0.717, 1.165) is 38.1 Å².